The molecule has 0 heterocycles. The Kier molecular flexibility index (Phi) is 9.80. The van der Waals surface area contributed by atoms with Gasteiger partial charge in [-0.1, -0.05) is 0 Å². The molecule has 21 heavy (non-hydrogen) atoms. The van der Waals surface area contributed by atoms with E-state index < -0.39 is 0 Å². The molecule has 1 saturated carbocycles. The molecule has 0 aliphatic heterocycles. The number of aliphatic imine (C=N–C) groups is 1. The largest absolute Gasteiger partial charge is 0.377 e. The molecule has 0 aromatic carbocycles. The van der Waals surface area contributed by atoms with Gasteiger partial charge in [0.05, 0.1) is 12.1 Å². The van der Waals surface area contributed by atoms with Gasteiger partial charge in [-0.05, 0) is 47.6 Å². The summed E-state index contributed by atoms with van der Waals surface area (Å²) in [7, 11) is 3.94. The number of hydrogen-bond donors (Lipinski definition) is 2. The van der Waals surface area contributed by atoms with Crippen LogP contribution in [-0.2, 0) is 4.74 Å². The molecule has 0 amide bonds. The molecule has 126 valence electrons. The number of methoxy groups -OCH3 is 1. The van der Waals surface area contributed by atoms with Crippen LogP contribution in [0.1, 0.15) is 40.5 Å². The van der Waals surface area contributed by atoms with Gasteiger partial charge in [-0.2, -0.15) is 0 Å². The summed E-state index contributed by atoms with van der Waals surface area (Å²) >= 11 is 0. The first-order valence-corrected chi connectivity index (χ1v) is 7.69. The molecule has 0 radical (unpaired) electrons. The van der Waals surface area contributed by atoms with Crippen molar-refractivity contribution in [3.8, 4) is 0 Å². The first-order valence-electron chi connectivity index (χ1n) is 7.69. The van der Waals surface area contributed by atoms with Crippen LogP contribution in [0.5, 0.6) is 0 Å². The molecule has 1 rings (SSSR count). The maximum Gasteiger partial charge on any atom is 0.191 e. The van der Waals surface area contributed by atoms with Crippen LogP contribution >= 0.6 is 24.0 Å². The lowest BCUT2D eigenvalue weighted by Crippen LogP contribution is -2.46. The summed E-state index contributed by atoms with van der Waals surface area (Å²) < 4.78 is 5.40. The van der Waals surface area contributed by atoms with Crippen LogP contribution in [0.4, 0.5) is 0 Å². The lowest BCUT2D eigenvalue weighted by Gasteiger charge is -2.26. The van der Waals surface area contributed by atoms with E-state index in [1.807, 2.05) is 13.8 Å². The van der Waals surface area contributed by atoms with E-state index in [9.17, 15) is 0 Å². The zero-order valence-electron chi connectivity index (χ0n) is 14.4. The van der Waals surface area contributed by atoms with Gasteiger partial charge in [-0.15, -0.1) is 24.0 Å². The van der Waals surface area contributed by atoms with E-state index in [-0.39, 0.29) is 29.6 Å². The minimum atomic E-state index is -0.223. The molecular formula is C15H33IN4O. The quantitative estimate of drug-likeness (QED) is 0.364. The van der Waals surface area contributed by atoms with Gasteiger partial charge in [0.15, 0.2) is 5.96 Å². The second-order valence-corrected chi connectivity index (χ2v) is 6.29. The number of rotatable bonds is 8. The van der Waals surface area contributed by atoms with Crippen molar-refractivity contribution in [3.05, 3.63) is 0 Å². The highest BCUT2D eigenvalue weighted by atomic mass is 127. The monoisotopic (exact) mass is 412 g/mol. The third-order valence-electron chi connectivity index (χ3n) is 3.90. The summed E-state index contributed by atoms with van der Waals surface area (Å²) in [5.41, 5.74) is -0.223. The third kappa shape index (κ3) is 8.21. The average Bonchev–Trinajstić information content (AvgIpc) is 3.25. The standard InChI is InChI=1S/C15H32N4O.HI/c1-7-16-14(18-11-15(3,4)20-6)17-10-12(2)19(5)13-8-9-13;/h12-13H,7-11H2,1-6H3,(H2,16,17,18);1H. The Bertz CT molecular complexity index is 319. The van der Waals surface area contributed by atoms with Gasteiger partial charge >= 0.3 is 0 Å². The minimum absolute atomic E-state index is 0. The van der Waals surface area contributed by atoms with Gasteiger partial charge in [0.1, 0.15) is 0 Å². The number of halogens is 1. The molecular weight excluding hydrogens is 379 g/mol. The molecule has 1 unspecified atom stereocenters. The molecule has 0 bridgehead atoms. The Morgan fingerprint density at radius 3 is 2.48 bits per heavy atom. The predicted octanol–water partition coefficient (Wildman–Crippen LogP) is 2.07. The van der Waals surface area contributed by atoms with Crippen LogP contribution in [0, 0.1) is 0 Å². The van der Waals surface area contributed by atoms with E-state index in [0.29, 0.717) is 12.6 Å². The van der Waals surface area contributed by atoms with Crippen molar-refractivity contribution in [2.45, 2.75) is 58.2 Å². The Labute approximate surface area is 147 Å². The molecule has 1 atom stereocenters. The van der Waals surface area contributed by atoms with Crippen LogP contribution in [0.15, 0.2) is 4.99 Å². The SMILES string of the molecule is CCNC(=NCC(C)(C)OC)NCC(C)N(C)C1CC1.I. The number of likely N-dealkylation sites (N-methyl/N-ethyl adjacent to an activating group) is 1. The topological polar surface area (TPSA) is 48.9 Å². The zero-order valence-corrected chi connectivity index (χ0v) is 16.7. The van der Waals surface area contributed by atoms with E-state index in [2.05, 4.69) is 41.4 Å². The van der Waals surface area contributed by atoms with Gasteiger partial charge in [-0.25, -0.2) is 0 Å². The fourth-order valence-corrected chi connectivity index (χ4v) is 1.91. The van der Waals surface area contributed by atoms with Crippen molar-refractivity contribution in [3.63, 3.8) is 0 Å². The molecule has 0 aromatic heterocycles. The van der Waals surface area contributed by atoms with Crippen molar-refractivity contribution in [1.82, 2.24) is 15.5 Å². The molecule has 1 fully saturated rings. The lowest BCUT2D eigenvalue weighted by molar-refractivity contribution is 0.0310. The van der Waals surface area contributed by atoms with E-state index in [4.69, 9.17) is 4.74 Å². The predicted molar refractivity (Wildman–Crippen MR) is 101 cm³/mol. The Morgan fingerprint density at radius 1 is 1.38 bits per heavy atom. The summed E-state index contributed by atoms with van der Waals surface area (Å²) in [5.74, 6) is 0.869. The second-order valence-electron chi connectivity index (χ2n) is 6.29. The fraction of sp³-hybridized carbons (Fsp3) is 0.933. The molecule has 0 aromatic rings. The highest BCUT2D eigenvalue weighted by molar-refractivity contribution is 14.0. The summed E-state index contributed by atoms with van der Waals surface area (Å²) in [6, 6.07) is 1.31. The second kappa shape index (κ2) is 9.84. The molecule has 0 saturated heterocycles. The Morgan fingerprint density at radius 2 is 2.00 bits per heavy atom. The van der Waals surface area contributed by atoms with Crippen molar-refractivity contribution < 1.29 is 4.74 Å². The first-order chi connectivity index (χ1) is 9.39. The van der Waals surface area contributed by atoms with Crippen molar-refractivity contribution >= 4 is 29.9 Å². The van der Waals surface area contributed by atoms with E-state index in [1.165, 1.54) is 12.8 Å². The van der Waals surface area contributed by atoms with E-state index >= 15 is 0 Å². The summed E-state index contributed by atoms with van der Waals surface area (Å²) in [6.45, 7) is 10.9. The molecule has 5 nitrogen and oxygen atoms in total. The fourth-order valence-electron chi connectivity index (χ4n) is 1.91. The minimum Gasteiger partial charge on any atom is -0.377 e. The maximum atomic E-state index is 5.40. The summed E-state index contributed by atoms with van der Waals surface area (Å²) in [6.07, 6.45) is 2.69. The zero-order chi connectivity index (χ0) is 15.2. The summed E-state index contributed by atoms with van der Waals surface area (Å²) in [4.78, 5) is 7.05. The normalized spacial score (nSPS) is 17.4. The summed E-state index contributed by atoms with van der Waals surface area (Å²) in [5, 5.41) is 6.71. The van der Waals surface area contributed by atoms with Crippen LogP contribution in [0.3, 0.4) is 0 Å². The van der Waals surface area contributed by atoms with Gasteiger partial charge in [-0.3, -0.25) is 9.89 Å². The molecule has 1 aliphatic rings. The van der Waals surface area contributed by atoms with Crippen molar-refractivity contribution in [1.29, 1.82) is 0 Å². The number of nitrogens with zero attached hydrogens (tertiary/aromatic N) is 2. The van der Waals surface area contributed by atoms with Gasteiger partial charge in [0.25, 0.3) is 0 Å². The smallest absolute Gasteiger partial charge is 0.191 e. The van der Waals surface area contributed by atoms with Crippen LogP contribution in [0.25, 0.3) is 0 Å². The number of guanidine groups is 1. The highest BCUT2D eigenvalue weighted by Crippen LogP contribution is 2.26. The Balaban J connectivity index is 0.00000400. The average molecular weight is 412 g/mol. The molecule has 2 N–H and O–H groups in total. The number of ether oxygens (including phenoxy) is 1. The van der Waals surface area contributed by atoms with Crippen LogP contribution in [0.2, 0.25) is 0 Å². The van der Waals surface area contributed by atoms with Gasteiger partial charge < -0.3 is 15.4 Å². The Hall–Kier alpha value is -0.0800. The molecule has 0 spiro atoms. The van der Waals surface area contributed by atoms with Gasteiger partial charge in [0.2, 0.25) is 0 Å². The van der Waals surface area contributed by atoms with Crippen LogP contribution in [-0.4, -0.2) is 62.3 Å². The molecule has 1 aliphatic carbocycles. The lowest BCUT2D eigenvalue weighted by atomic mass is 10.1. The third-order valence-corrected chi connectivity index (χ3v) is 3.90. The number of hydrogen-bond acceptors (Lipinski definition) is 3. The van der Waals surface area contributed by atoms with Crippen molar-refractivity contribution in [2.24, 2.45) is 4.99 Å². The highest BCUT2D eigenvalue weighted by Gasteiger charge is 2.29. The van der Waals surface area contributed by atoms with Crippen LogP contribution < -0.4 is 10.6 Å². The number of nitrogens with one attached hydrogen (secondary N) is 2. The van der Waals surface area contributed by atoms with E-state index in [1.54, 1.807) is 7.11 Å². The first kappa shape index (κ1) is 20.9. The van der Waals surface area contributed by atoms with Crippen molar-refractivity contribution in [2.75, 3.05) is 33.8 Å². The maximum absolute atomic E-state index is 5.40. The van der Waals surface area contributed by atoms with Gasteiger partial charge in [0, 0.05) is 32.3 Å². The molecule has 6 heteroatoms. The van der Waals surface area contributed by atoms with E-state index in [0.717, 1.165) is 25.1 Å².